The molecule has 0 amide bonds. The number of hydrogen-bond donors (Lipinski definition) is 0. The third-order valence-corrected chi connectivity index (χ3v) is 11.8. The molecule has 3 heterocycles. The first-order valence-electron chi connectivity index (χ1n) is 18.7. The fourth-order valence-corrected chi connectivity index (χ4v) is 9.05. The molecule has 8 aromatic carbocycles. The molecule has 262 valence electrons. The number of para-hydroxylation sites is 1. The molecule has 0 N–H and O–H groups in total. The lowest BCUT2D eigenvalue weighted by atomic mass is 9.95. The van der Waals surface area contributed by atoms with E-state index in [2.05, 4.69) is 158 Å². The predicted octanol–water partition coefficient (Wildman–Crippen LogP) is 14.1. The summed E-state index contributed by atoms with van der Waals surface area (Å²) in [6.45, 7) is 0. The summed E-state index contributed by atoms with van der Waals surface area (Å²) in [6.07, 6.45) is 0. The van der Waals surface area contributed by atoms with Crippen molar-refractivity contribution in [2.24, 2.45) is 0 Å². The first-order chi connectivity index (χ1) is 27.7. The van der Waals surface area contributed by atoms with Gasteiger partial charge in [-0.05, 0) is 64.2 Å². The lowest BCUT2D eigenvalue weighted by Crippen LogP contribution is -2.00. The van der Waals surface area contributed by atoms with Crippen LogP contribution in [0, 0.1) is 0 Å². The smallest absolute Gasteiger partial charge is 0.164 e. The normalized spacial score (nSPS) is 11.6. The van der Waals surface area contributed by atoms with Crippen LogP contribution in [0.1, 0.15) is 0 Å². The quantitative estimate of drug-likeness (QED) is 0.171. The average molecular weight is 734 g/mol. The zero-order valence-corrected chi connectivity index (χ0v) is 30.9. The lowest BCUT2D eigenvalue weighted by Gasteiger charge is -2.11. The van der Waals surface area contributed by atoms with Gasteiger partial charge in [-0.3, -0.25) is 0 Å². The van der Waals surface area contributed by atoms with Crippen LogP contribution in [-0.4, -0.2) is 15.0 Å². The number of furan rings is 1. The Labute approximate surface area is 327 Å². The van der Waals surface area contributed by atoms with E-state index in [0.717, 1.165) is 55.1 Å². The summed E-state index contributed by atoms with van der Waals surface area (Å²) in [4.78, 5) is 15.5. The van der Waals surface area contributed by atoms with Gasteiger partial charge in [0.25, 0.3) is 0 Å². The minimum Gasteiger partial charge on any atom is -0.456 e. The van der Waals surface area contributed by atoms with E-state index in [1.807, 2.05) is 41.7 Å². The van der Waals surface area contributed by atoms with Crippen LogP contribution in [0.3, 0.4) is 0 Å². The zero-order chi connectivity index (χ0) is 37.0. The van der Waals surface area contributed by atoms with E-state index in [1.165, 1.54) is 37.0 Å². The van der Waals surface area contributed by atoms with Crippen LogP contribution >= 0.6 is 11.3 Å². The van der Waals surface area contributed by atoms with Crippen molar-refractivity contribution in [3.63, 3.8) is 0 Å². The summed E-state index contributed by atoms with van der Waals surface area (Å²) in [5, 5.41) is 4.57. The number of fused-ring (bicyclic) bond motifs is 6. The fourth-order valence-electron chi connectivity index (χ4n) is 7.80. The van der Waals surface area contributed by atoms with Gasteiger partial charge >= 0.3 is 0 Å². The highest BCUT2D eigenvalue weighted by Crippen LogP contribution is 2.46. The maximum absolute atomic E-state index is 6.09. The molecule has 11 aromatic rings. The van der Waals surface area contributed by atoms with Crippen LogP contribution in [-0.2, 0) is 0 Å². The largest absolute Gasteiger partial charge is 0.456 e. The van der Waals surface area contributed by atoms with E-state index in [4.69, 9.17) is 19.4 Å². The SMILES string of the molecule is c1ccc(-c2cc(-c3ccccc3)c3sc4cccc(-c5nc(-c6ccccc6)nc(-c6ccc(-c7ccc8oc9ccccc9c8c7)cc6)n5)c4c3c2)cc1. The highest BCUT2D eigenvalue weighted by Gasteiger charge is 2.20. The van der Waals surface area contributed by atoms with Gasteiger partial charge in [-0.1, -0.05) is 152 Å². The van der Waals surface area contributed by atoms with Gasteiger partial charge in [-0.25, -0.2) is 15.0 Å². The van der Waals surface area contributed by atoms with Crippen molar-refractivity contribution >= 4 is 53.4 Å². The van der Waals surface area contributed by atoms with Gasteiger partial charge in [0.2, 0.25) is 0 Å². The van der Waals surface area contributed by atoms with Crippen molar-refractivity contribution in [1.29, 1.82) is 0 Å². The Morgan fingerprint density at radius 1 is 0.339 bits per heavy atom. The Morgan fingerprint density at radius 2 is 0.893 bits per heavy atom. The second-order valence-corrected chi connectivity index (χ2v) is 15.0. The van der Waals surface area contributed by atoms with Gasteiger partial charge in [0.15, 0.2) is 17.5 Å². The zero-order valence-electron chi connectivity index (χ0n) is 30.1. The van der Waals surface area contributed by atoms with Gasteiger partial charge in [0.05, 0.1) is 0 Å². The molecule has 56 heavy (non-hydrogen) atoms. The first-order valence-corrected chi connectivity index (χ1v) is 19.5. The van der Waals surface area contributed by atoms with Crippen molar-refractivity contribution in [2.75, 3.05) is 0 Å². The molecule has 0 spiro atoms. The molecule has 0 bridgehead atoms. The summed E-state index contributed by atoms with van der Waals surface area (Å²) in [6, 6.07) is 65.7. The number of rotatable bonds is 6. The molecule has 0 saturated carbocycles. The van der Waals surface area contributed by atoms with Crippen molar-refractivity contribution < 1.29 is 4.42 Å². The van der Waals surface area contributed by atoms with Crippen LogP contribution in [0.4, 0.5) is 0 Å². The third kappa shape index (κ3) is 5.56. The molecule has 4 nitrogen and oxygen atoms in total. The molecule has 5 heteroatoms. The predicted molar refractivity (Wildman–Crippen MR) is 233 cm³/mol. The van der Waals surface area contributed by atoms with Gasteiger partial charge in [-0.15, -0.1) is 11.3 Å². The van der Waals surface area contributed by atoms with Gasteiger partial charge < -0.3 is 4.42 Å². The monoisotopic (exact) mass is 733 g/mol. The fraction of sp³-hybridized carbons (Fsp3) is 0. The molecule has 0 saturated heterocycles. The highest BCUT2D eigenvalue weighted by atomic mass is 32.1. The van der Waals surface area contributed by atoms with Crippen molar-refractivity contribution in [3.05, 3.63) is 188 Å². The maximum Gasteiger partial charge on any atom is 0.164 e. The van der Waals surface area contributed by atoms with Crippen LogP contribution < -0.4 is 0 Å². The van der Waals surface area contributed by atoms with Crippen LogP contribution in [0.25, 0.3) is 110 Å². The van der Waals surface area contributed by atoms with E-state index < -0.39 is 0 Å². The molecule has 11 rings (SSSR count). The highest BCUT2D eigenvalue weighted by molar-refractivity contribution is 7.26. The Kier molecular flexibility index (Phi) is 7.64. The standard InChI is InChI=1S/C51H31N3OS/c1-4-13-32(14-5-1)38-30-41(34-15-6-2-7-16-34)48-43(31-38)47-40(20-12-22-46(47)56-48)51-53-49(35-17-8-3-9-18-35)52-50(54-51)36-25-23-33(24-26-36)37-27-28-45-42(29-37)39-19-10-11-21-44(39)55-45/h1-31H. The number of benzene rings is 8. The second-order valence-electron chi connectivity index (χ2n) is 14.0. The van der Waals surface area contributed by atoms with E-state index >= 15 is 0 Å². The molecule has 0 aliphatic heterocycles. The number of thiophene rings is 1. The Bertz CT molecular complexity index is 3230. The topological polar surface area (TPSA) is 51.8 Å². The molecular weight excluding hydrogens is 703 g/mol. The Balaban J connectivity index is 1.08. The van der Waals surface area contributed by atoms with Crippen molar-refractivity contribution in [1.82, 2.24) is 15.0 Å². The van der Waals surface area contributed by atoms with Crippen LogP contribution in [0.5, 0.6) is 0 Å². The Hall–Kier alpha value is -7.21. The summed E-state index contributed by atoms with van der Waals surface area (Å²) in [5.74, 6) is 1.91. The summed E-state index contributed by atoms with van der Waals surface area (Å²) in [5.41, 5.74) is 11.6. The summed E-state index contributed by atoms with van der Waals surface area (Å²) >= 11 is 1.82. The van der Waals surface area contributed by atoms with E-state index in [9.17, 15) is 0 Å². The molecule has 0 aliphatic rings. The van der Waals surface area contributed by atoms with E-state index in [-0.39, 0.29) is 0 Å². The minimum absolute atomic E-state index is 0.628. The average Bonchev–Trinajstić information content (AvgIpc) is 3.85. The second kappa shape index (κ2) is 13.3. The number of hydrogen-bond acceptors (Lipinski definition) is 5. The van der Waals surface area contributed by atoms with E-state index in [1.54, 1.807) is 0 Å². The van der Waals surface area contributed by atoms with Crippen molar-refractivity contribution in [3.8, 4) is 67.5 Å². The summed E-state index contributed by atoms with van der Waals surface area (Å²) < 4.78 is 8.52. The van der Waals surface area contributed by atoms with Gasteiger partial charge in [0, 0.05) is 53.2 Å². The molecular formula is C51H31N3OS. The van der Waals surface area contributed by atoms with Crippen molar-refractivity contribution in [2.45, 2.75) is 0 Å². The molecule has 0 fully saturated rings. The summed E-state index contributed by atoms with van der Waals surface area (Å²) in [7, 11) is 0. The van der Waals surface area contributed by atoms with Gasteiger partial charge in [0.1, 0.15) is 11.2 Å². The molecule has 0 unspecified atom stereocenters. The van der Waals surface area contributed by atoms with Crippen LogP contribution in [0.15, 0.2) is 192 Å². The molecule has 0 radical (unpaired) electrons. The first kappa shape index (κ1) is 32.2. The molecule has 3 aromatic heterocycles. The molecule has 0 aliphatic carbocycles. The minimum atomic E-state index is 0.628. The number of aromatic nitrogens is 3. The molecule has 0 atom stereocenters. The van der Waals surface area contributed by atoms with Gasteiger partial charge in [-0.2, -0.15) is 0 Å². The third-order valence-electron chi connectivity index (χ3n) is 10.5. The number of nitrogens with zero attached hydrogens (tertiary/aromatic N) is 3. The Morgan fingerprint density at radius 3 is 1.64 bits per heavy atom. The maximum atomic E-state index is 6.09. The lowest BCUT2D eigenvalue weighted by molar-refractivity contribution is 0.669. The van der Waals surface area contributed by atoms with E-state index in [0.29, 0.717) is 17.5 Å². The van der Waals surface area contributed by atoms with Crippen LogP contribution in [0.2, 0.25) is 0 Å².